The molecule has 4 nitrogen and oxygen atoms in total. The predicted molar refractivity (Wildman–Crippen MR) is 83.3 cm³/mol. The second kappa shape index (κ2) is 4.88. The maximum atomic E-state index is 12.8. The van der Waals surface area contributed by atoms with Gasteiger partial charge in [-0.2, -0.15) is 0 Å². The summed E-state index contributed by atoms with van der Waals surface area (Å²) in [6, 6.07) is 13.1. The lowest BCUT2D eigenvalue weighted by Crippen LogP contribution is -2.45. The highest BCUT2D eigenvalue weighted by atomic mass is 16.2. The Kier molecular flexibility index (Phi) is 3.16. The number of benzene rings is 2. The standard InChI is InChI=1S/C17H18N2O2/c1-3-17(4-2)15(20)19(16(21)18-17)14-11-7-9-12-8-5-6-10-13(12)14/h5-11H,3-4H2,1-2H3,(H,18,21). The third kappa shape index (κ3) is 1.90. The van der Waals surface area contributed by atoms with Crippen LogP contribution in [0.5, 0.6) is 0 Å². The molecule has 0 spiro atoms. The first-order valence-electron chi connectivity index (χ1n) is 7.27. The zero-order valence-corrected chi connectivity index (χ0v) is 12.2. The zero-order valence-electron chi connectivity index (χ0n) is 12.2. The van der Waals surface area contributed by atoms with Crippen LogP contribution in [0.1, 0.15) is 26.7 Å². The molecule has 108 valence electrons. The lowest BCUT2D eigenvalue weighted by molar-refractivity contribution is -0.122. The van der Waals surface area contributed by atoms with E-state index in [1.807, 2.05) is 56.3 Å². The number of amides is 3. The van der Waals surface area contributed by atoms with Crippen LogP contribution in [0.4, 0.5) is 10.5 Å². The monoisotopic (exact) mass is 282 g/mol. The fourth-order valence-electron chi connectivity index (χ4n) is 2.97. The molecule has 2 aromatic carbocycles. The molecule has 0 unspecified atom stereocenters. The third-order valence-electron chi connectivity index (χ3n) is 4.38. The summed E-state index contributed by atoms with van der Waals surface area (Å²) in [6.45, 7) is 3.85. The molecule has 1 saturated heterocycles. The molecule has 0 aromatic heterocycles. The number of hydrogen-bond acceptors (Lipinski definition) is 2. The van der Waals surface area contributed by atoms with Gasteiger partial charge in [-0.05, 0) is 24.3 Å². The Hall–Kier alpha value is -2.36. The SMILES string of the molecule is CCC1(CC)NC(=O)N(c2cccc3ccccc23)C1=O. The smallest absolute Gasteiger partial charge is 0.323 e. The van der Waals surface area contributed by atoms with Gasteiger partial charge in [0.1, 0.15) is 5.54 Å². The van der Waals surface area contributed by atoms with Gasteiger partial charge in [-0.15, -0.1) is 0 Å². The molecule has 2 aromatic rings. The molecular weight excluding hydrogens is 264 g/mol. The summed E-state index contributed by atoms with van der Waals surface area (Å²) >= 11 is 0. The molecule has 0 bridgehead atoms. The van der Waals surface area contributed by atoms with E-state index in [2.05, 4.69) is 5.32 Å². The van der Waals surface area contributed by atoms with E-state index in [-0.39, 0.29) is 11.9 Å². The molecule has 4 heteroatoms. The van der Waals surface area contributed by atoms with E-state index in [9.17, 15) is 9.59 Å². The molecular formula is C17H18N2O2. The molecule has 0 aliphatic carbocycles. The van der Waals surface area contributed by atoms with E-state index in [1.54, 1.807) is 0 Å². The van der Waals surface area contributed by atoms with Gasteiger partial charge in [0.25, 0.3) is 5.91 Å². The highest BCUT2D eigenvalue weighted by Crippen LogP contribution is 2.33. The number of hydrogen-bond donors (Lipinski definition) is 1. The maximum Gasteiger partial charge on any atom is 0.329 e. The molecule has 3 amide bonds. The first-order valence-corrected chi connectivity index (χ1v) is 7.27. The molecule has 0 atom stereocenters. The number of rotatable bonds is 3. The first-order chi connectivity index (χ1) is 10.1. The minimum atomic E-state index is -0.770. The summed E-state index contributed by atoms with van der Waals surface area (Å²) in [7, 11) is 0. The van der Waals surface area contributed by atoms with Gasteiger partial charge in [0.15, 0.2) is 0 Å². The molecule has 1 fully saturated rings. The summed E-state index contributed by atoms with van der Waals surface area (Å²) in [5.41, 5.74) is -0.118. The van der Waals surface area contributed by atoms with Crippen molar-refractivity contribution in [1.82, 2.24) is 5.32 Å². The highest BCUT2D eigenvalue weighted by molar-refractivity contribution is 6.26. The van der Waals surface area contributed by atoms with E-state index in [0.29, 0.717) is 18.5 Å². The van der Waals surface area contributed by atoms with Crippen molar-refractivity contribution >= 4 is 28.4 Å². The fraction of sp³-hybridized carbons (Fsp3) is 0.294. The number of imide groups is 1. The normalized spacial score (nSPS) is 17.3. The van der Waals surface area contributed by atoms with Crippen LogP contribution in [0.3, 0.4) is 0 Å². The summed E-state index contributed by atoms with van der Waals surface area (Å²) in [4.78, 5) is 26.4. The van der Waals surface area contributed by atoms with Crippen molar-refractivity contribution in [2.45, 2.75) is 32.2 Å². The molecule has 0 saturated carbocycles. The Morgan fingerprint density at radius 1 is 1.00 bits per heavy atom. The van der Waals surface area contributed by atoms with Gasteiger partial charge in [-0.1, -0.05) is 50.2 Å². The molecule has 0 radical (unpaired) electrons. The number of fused-ring (bicyclic) bond motifs is 1. The van der Waals surface area contributed by atoms with E-state index < -0.39 is 5.54 Å². The lowest BCUT2D eigenvalue weighted by Gasteiger charge is -2.23. The van der Waals surface area contributed by atoms with Crippen LogP contribution in [-0.2, 0) is 4.79 Å². The predicted octanol–water partition coefficient (Wildman–Crippen LogP) is 3.45. The van der Waals surface area contributed by atoms with Gasteiger partial charge < -0.3 is 5.32 Å². The Morgan fingerprint density at radius 2 is 1.67 bits per heavy atom. The summed E-state index contributed by atoms with van der Waals surface area (Å²) in [6.07, 6.45) is 1.19. The second-order valence-electron chi connectivity index (χ2n) is 5.36. The molecule has 3 rings (SSSR count). The summed E-state index contributed by atoms with van der Waals surface area (Å²) in [5.74, 6) is -0.158. The van der Waals surface area contributed by atoms with Crippen LogP contribution in [0, 0.1) is 0 Å². The number of urea groups is 1. The molecule has 1 aliphatic rings. The van der Waals surface area contributed by atoms with Gasteiger partial charge in [0.2, 0.25) is 0 Å². The highest BCUT2D eigenvalue weighted by Gasteiger charge is 2.49. The Labute approximate surface area is 123 Å². The van der Waals surface area contributed by atoms with Crippen molar-refractivity contribution in [1.29, 1.82) is 0 Å². The van der Waals surface area contributed by atoms with Gasteiger partial charge in [-0.25, -0.2) is 9.69 Å². The number of anilines is 1. The maximum absolute atomic E-state index is 12.8. The van der Waals surface area contributed by atoms with E-state index >= 15 is 0 Å². The van der Waals surface area contributed by atoms with Gasteiger partial charge >= 0.3 is 6.03 Å². The zero-order chi connectivity index (χ0) is 15.0. The van der Waals surface area contributed by atoms with Gasteiger partial charge in [0.05, 0.1) is 5.69 Å². The van der Waals surface area contributed by atoms with Crippen LogP contribution >= 0.6 is 0 Å². The van der Waals surface area contributed by atoms with Crippen molar-refractivity contribution in [3.8, 4) is 0 Å². The van der Waals surface area contributed by atoms with Crippen molar-refractivity contribution in [2.75, 3.05) is 4.90 Å². The number of carbonyl (C=O) groups is 2. The third-order valence-corrected chi connectivity index (χ3v) is 4.38. The minimum absolute atomic E-state index is 0.158. The quantitative estimate of drug-likeness (QED) is 0.876. The Bertz CT molecular complexity index is 714. The van der Waals surface area contributed by atoms with E-state index in [0.717, 1.165) is 10.8 Å². The molecule has 1 heterocycles. The lowest BCUT2D eigenvalue weighted by atomic mass is 9.93. The van der Waals surface area contributed by atoms with Gasteiger partial charge in [-0.3, -0.25) is 4.79 Å². The largest absolute Gasteiger partial charge is 0.329 e. The van der Waals surface area contributed by atoms with Crippen LogP contribution in [-0.4, -0.2) is 17.5 Å². The van der Waals surface area contributed by atoms with Crippen molar-refractivity contribution in [2.24, 2.45) is 0 Å². The average Bonchev–Trinajstić information content (AvgIpc) is 2.78. The van der Waals surface area contributed by atoms with Crippen LogP contribution in [0.2, 0.25) is 0 Å². The summed E-state index contributed by atoms with van der Waals surface area (Å²) in [5, 5.41) is 4.79. The van der Waals surface area contributed by atoms with Crippen LogP contribution < -0.4 is 10.2 Å². The second-order valence-corrected chi connectivity index (χ2v) is 5.36. The Morgan fingerprint density at radius 3 is 2.33 bits per heavy atom. The first kappa shape index (κ1) is 13.6. The molecule has 21 heavy (non-hydrogen) atoms. The fourth-order valence-corrected chi connectivity index (χ4v) is 2.97. The summed E-state index contributed by atoms with van der Waals surface area (Å²) < 4.78 is 0. The minimum Gasteiger partial charge on any atom is -0.323 e. The topological polar surface area (TPSA) is 49.4 Å². The van der Waals surface area contributed by atoms with Crippen molar-refractivity contribution < 1.29 is 9.59 Å². The van der Waals surface area contributed by atoms with Crippen LogP contribution in [0.25, 0.3) is 10.8 Å². The Balaban J connectivity index is 2.15. The van der Waals surface area contributed by atoms with Crippen LogP contribution in [0.15, 0.2) is 42.5 Å². The van der Waals surface area contributed by atoms with E-state index in [1.165, 1.54) is 4.90 Å². The number of carbonyl (C=O) groups excluding carboxylic acids is 2. The van der Waals surface area contributed by atoms with Gasteiger partial charge in [0, 0.05) is 5.39 Å². The average molecular weight is 282 g/mol. The van der Waals surface area contributed by atoms with Crippen molar-refractivity contribution in [3.05, 3.63) is 42.5 Å². The number of nitrogens with zero attached hydrogens (tertiary/aromatic N) is 1. The molecule has 1 N–H and O–H groups in total. The number of nitrogens with one attached hydrogen (secondary N) is 1. The molecule has 1 aliphatic heterocycles. The van der Waals surface area contributed by atoms with E-state index in [4.69, 9.17) is 0 Å². The van der Waals surface area contributed by atoms with Crippen molar-refractivity contribution in [3.63, 3.8) is 0 Å².